The maximum Gasteiger partial charge on any atom is 0.216 e. The average Bonchev–Trinajstić information content (AvgIpc) is 2.34. The van der Waals surface area contributed by atoms with Crippen LogP contribution in [-0.4, -0.2) is 12.5 Å². The Morgan fingerprint density at radius 3 is 3.00 bits per heavy atom. The van der Waals surface area contributed by atoms with Crippen LogP contribution in [0, 0.1) is 0 Å². The van der Waals surface area contributed by atoms with E-state index in [0.29, 0.717) is 6.54 Å². The average molecular weight is 247 g/mol. The predicted octanol–water partition coefficient (Wildman–Crippen LogP) is 2.39. The van der Waals surface area contributed by atoms with E-state index < -0.39 is 0 Å². The van der Waals surface area contributed by atoms with Crippen LogP contribution in [0.3, 0.4) is 0 Å². The monoisotopic (exact) mass is 247 g/mol. The van der Waals surface area contributed by atoms with Crippen LogP contribution < -0.4 is 14.8 Å². The molecule has 1 aromatic rings. The van der Waals surface area contributed by atoms with E-state index in [1.54, 1.807) is 6.26 Å². The van der Waals surface area contributed by atoms with Gasteiger partial charge in [0.15, 0.2) is 11.5 Å². The highest BCUT2D eigenvalue weighted by Crippen LogP contribution is 2.36. The number of allylic oxidation sites excluding steroid dienone is 1. The number of carbonyl (C=O) groups excluding carboxylic acids is 1. The zero-order valence-electron chi connectivity index (χ0n) is 10.7. The van der Waals surface area contributed by atoms with Gasteiger partial charge in [0, 0.05) is 13.5 Å². The quantitative estimate of drug-likeness (QED) is 0.831. The third kappa shape index (κ3) is 3.03. The van der Waals surface area contributed by atoms with Gasteiger partial charge in [-0.3, -0.25) is 4.79 Å². The number of carbonyl (C=O) groups is 1. The van der Waals surface area contributed by atoms with Crippen LogP contribution in [0.25, 0.3) is 0 Å². The van der Waals surface area contributed by atoms with Crippen LogP contribution in [0.4, 0.5) is 0 Å². The van der Waals surface area contributed by atoms with Gasteiger partial charge in [-0.15, -0.1) is 0 Å². The Hall–Kier alpha value is -1.97. The van der Waals surface area contributed by atoms with Gasteiger partial charge < -0.3 is 14.8 Å². The third-order valence-electron chi connectivity index (χ3n) is 2.67. The van der Waals surface area contributed by atoms with Crippen molar-refractivity contribution in [3.8, 4) is 11.5 Å². The Morgan fingerprint density at radius 2 is 2.22 bits per heavy atom. The Labute approximate surface area is 107 Å². The number of amides is 1. The molecule has 0 radical (unpaired) electrons. The molecule has 1 aliphatic heterocycles. The summed E-state index contributed by atoms with van der Waals surface area (Å²) in [6.45, 7) is 4.06. The summed E-state index contributed by atoms with van der Waals surface area (Å²) >= 11 is 0. The number of rotatable bonds is 4. The molecule has 4 nitrogen and oxygen atoms in total. The molecule has 0 atom stereocenters. The van der Waals surface area contributed by atoms with Gasteiger partial charge in [0.25, 0.3) is 0 Å². The zero-order chi connectivity index (χ0) is 13.0. The lowest BCUT2D eigenvalue weighted by molar-refractivity contribution is -0.118. The first-order chi connectivity index (χ1) is 8.66. The van der Waals surface area contributed by atoms with E-state index in [1.807, 2.05) is 25.1 Å². The van der Waals surface area contributed by atoms with E-state index in [9.17, 15) is 4.79 Å². The lowest BCUT2D eigenvalue weighted by atomic mass is 10.1. The highest BCUT2D eigenvalue weighted by Gasteiger charge is 2.15. The summed E-state index contributed by atoms with van der Waals surface area (Å²) in [6.07, 6.45) is 3.33. The minimum absolute atomic E-state index is 0.00320. The molecule has 0 saturated carbocycles. The van der Waals surface area contributed by atoms with Crippen molar-refractivity contribution in [2.75, 3.05) is 6.54 Å². The summed E-state index contributed by atoms with van der Waals surface area (Å²) in [5.74, 6) is 2.29. The van der Waals surface area contributed by atoms with Crippen LogP contribution >= 0.6 is 0 Å². The molecule has 4 heteroatoms. The van der Waals surface area contributed by atoms with Gasteiger partial charge >= 0.3 is 0 Å². The Bertz CT molecular complexity index is 480. The standard InChI is InChI=1S/C14H17NO3/c1-10-9-17-13-7-3-5-12(14(13)18-10)6-4-8-15-11(2)16/h3,5,7,9H,4,6,8H2,1-2H3,(H,15,16). The van der Waals surface area contributed by atoms with E-state index in [1.165, 1.54) is 6.92 Å². The number of ether oxygens (including phenoxy) is 2. The molecule has 0 unspecified atom stereocenters. The smallest absolute Gasteiger partial charge is 0.216 e. The molecule has 0 spiro atoms. The second kappa shape index (κ2) is 5.58. The largest absolute Gasteiger partial charge is 0.458 e. The van der Waals surface area contributed by atoms with E-state index in [-0.39, 0.29) is 5.91 Å². The van der Waals surface area contributed by atoms with Crippen molar-refractivity contribution in [1.29, 1.82) is 0 Å². The van der Waals surface area contributed by atoms with Gasteiger partial charge in [-0.25, -0.2) is 0 Å². The SMILES string of the molecule is CC(=O)NCCCc1cccc2c1OC(C)=CO2. The van der Waals surface area contributed by atoms with Crippen LogP contribution in [0.15, 0.2) is 30.2 Å². The highest BCUT2D eigenvalue weighted by atomic mass is 16.6. The normalized spacial score (nSPS) is 12.9. The fourth-order valence-electron chi connectivity index (χ4n) is 1.84. The molecule has 1 heterocycles. The van der Waals surface area contributed by atoms with E-state index in [0.717, 1.165) is 35.7 Å². The molecule has 2 rings (SSSR count). The van der Waals surface area contributed by atoms with Crippen molar-refractivity contribution >= 4 is 5.91 Å². The number of para-hydroxylation sites is 1. The van der Waals surface area contributed by atoms with Crippen molar-refractivity contribution in [2.24, 2.45) is 0 Å². The maximum absolute atomic E-state index is 10.8. The Balaban J connectivity index is 2.00. The zero-order valence-corrected chi connectivity index (χ0v) is 10.7. The first-order valence-electron chi connectivity index (χ1n) is 6.04. The lowest BCUT2D eigenvalue weighted by Crippen LogP contribution is -2.21. The van der Waals surface area contributed by atoms with E-state index in [4.69, 9.17) is 9.47 Å². The van der Waals surface area contributed by atoms with Crippen LogP contribution in [-0.2, 0) is 11.2 Å². The molecule has 0 fully saturated rings. The molecule has 1 aromatic carbocycles. The maximum atomic E-state index is 10.8. The molecule has 18 heavy (non-hydrogen) atoms. The van der Waals surface area contributed by atoms with Crippen LogP contribution in [0.2, 0.25) is 0 Å². The molecule has 1 aliphatic rings. The van der Waals surface area contributed by atoms with Gasteiger partial charge in [0.2, 0.25) is 5.91 Å². The van der Waals surface area contributed by atoms with Gasteiger partial charge in [-0.1, -0.05) is 12.1 Å². The Kier molecular flexibility index (Phi) is 3.87. The Morgan fingerprint density at radius 1 is 1.39 bits per heavy atom. The molecular formula is C14H17NO3. The van der Waals surface area contributed by atoms with E-state index in [2.05, 4.69) is 5.32 Å². The van der Waals surface area contributed by atoms with E-state index >= 15 is 0 Å². The molecular weight excluding hydrogens is 230 g/mol. The fourth-order valence-corrected chi connectivity index (χ4v) is 1.84. The first-order valence-corrected chi connectivity index (χ1v) is 6.04. The van der Waals surface area contributed by atoms with Crippen molar-refractivity contribution in [3.63, 3.8) is 0 Å². The summed E-state index contributed by atoms with van der Waals surface area (Å²) in [7, 11) is 0. The predicted molar refractivity (Wildman–Crippen MR) is 68.5 cm³/mol. The topological polar surface area (TPSA) is 47.6 Å². The molecule has 1 amide bonds. The van der Waals surface area contributed by atoms with Gasteiger partial charge in [-0.2, -0.15) is 0 Å². The summed E-state index contributed by atoms with van der Waals surface area (Å²) in [5, 5.41) is 2.78. The van der Waals surface area contributed by atoms with Gasteiger partial charge in [0.1, 0.15) is 12.0 Å². The molecule has 96 valence electrons. The second-order valence-electron chi connectivity index (χ2n) is 4.28. The molecule has 0 bridgehead atoms. The van der Waals surface area contributed by atoms with Crippen LogP contribution in [0.5, 0.6) is 11.5 Å². The van der Waals surface area contributed by atoms with Crippen molar-refractivity contribution in [3.05, 3.63) is 35.8 Å². The summed E-state index contributed by atoms with van der Waals surface area (Å²) in [4.78, 5) is 10.8. The third-order valence-corrected chi connectivity index (χ3v) is 2.67. The minimum atomic E-state index is 0.00320. The minimum Gasteiger partial charge on any atom is -0.458 e. The van der Waals surface area contributed by atoms with Crippen molar-refractivity contribution < 1.29 is 14.3 Å². The number of hydrogen-bond donors (Lipinski definition) is 1. The number of benzene rings is 1. The first kappa shape index (κ1) is 12.5. The summed E-state index contributed by atoms with van der Waals surface area (Å²) in [5.41, 5.74) is 1.10. The fraction of sp³-hybridized carbons (Fsp3) is 0.357. The molecule has 0 aliphatic carbocycles. The molecule has 0 saturated heterocycles. The highest BCUT2D eigenvalue weighted by molar-refractivity contribution is 5.72. The van der Waals surface area contributed by atoms with Crippen LogP contribution in [0.1, 0.15) is 25.8 Å². The second-order valence-corrected chi connectivity index (χ2v) is 4.28. The van der Waals surface area contributed by atoms with Gasteiger partial charge in [0.05, 0.1) is 0 Å². The number of hydrogen-bond acceptors (Lipinski definition) is 3. The summed E-state index contributed by atoms with van der Waals surface area (Å²) in [6, 6.07) is 5.86. The number of nitrogens with one attached hydrogen (secondary N) is 1. The lowest BCUT2D eigenvalue weighted by Gasteiger charge is -2.19. The summed E-state index contributed by atoms with van der Waals surface area (Å²) < 4.78 is 11.2. The van der Waals surface area contributed by atoms with Crippen molar-refractivity contribution in [1.82, 2.24) is 5.32 Å². The number of aryl methyl sites for hydroxylation is 1. The van der Waals surface area contributed by atoms with Gasteiger partial charge in [-0.05, 0) is 31.4 Å². The molecule has 0 aromatic heterocycles. The number of fused-ring (bicyclic) bond motifs is 1. The van der Waals surface area contributed by atoms with Crippen molar-refractivity contribution in [2.45, 2.75) is 26.7 Å². The molecule has 1 N–H and O–H groups in total.